The number of amides is 3. The van der Waals surface area contributed by atoms with Crippen LogP contribution in [0.25, 0.3) is 0 Å². The predicted molar refractivity (Wildman–Crippen MR) is 87.2 cm³/mol. The van der Waals surface area contributed by atoms with Crippen molar-refractivity contribution in [3.05, 3.63) is 24.3 Å². The molecule has 0 saturated heterocycles. The number of nitrogens with one attached hydrogen (secondary N) is 2. The smallest absolute Gasteiger partial charge is 0.319 e. The van der Waals surface area contributed by atoms with Crippen LogP contribution >= 0.6 is 0 Å². The van der Waals surface area contributed by atoms with Crippen LogP contribution in [0, 0.1) is 0 Å². The first kappa shape index (κ1) is 17.8. The van der Waals surface area contributed by atoms with E-state index in [2.05, 4.69) is 17.6 Å². The standard InChI is InChI=1S/C16H25N3O3/c1-4-5-6-10-17-16(21)18-13-8-7-9-14(11-13)22-12-15(20)19(2)3/h7-9,11H,4-6,10,12H2,1-3H3,(H2,17,18,21). The normalized spacial score (nSPS) is 9.95. The molecule has 0 saturated carbocycles. The van der Waals surface area contributed by atoms with Gasteiger partial charge in [-0.15, -0.1) is 0 Å². The second-order valence-electron chi connectivity index (χ2n) is 5.19. The molecule has 122 valence electrons. The van der Waals surface area contributed by atoms with Crippen molar-refractivity contribution in [2.45, 2.75) is 26.2 Å². The van der Waals surface area contributed by atoms with Gasteiger partial charge in [0.05, 0.1) is 0 Å². The van der Waals surface area contributed by atoms with E-state index in [-0.39, 0.29) is 18.5 Å². The van der Waals surface area contributed by atoms with Gasteiger partial charge in [-0.25, -0.2) is 4.79 Å². The Kier molecular flexibility index (Phi) is 7.81. The Labute approximate surface area is 131 Å². The summed E-state index contributed by atoms with van der Waals surface area (Å²) >= 11 is 0. The Morgan fingerprint density at radius 2 is 2.00 bits per heavy atom. The average molecular weight is 307 g/mol. The van der Waals surface area contributed by atoms with E-state index in [4.69, 9.17) is 4.74 Å². The Balaban J connectivity index is 2.43. The molecular formula is C16H25N3O3. The first-order chi connectivity index (χ1) is 10.5. The monoisotopic (exact) mass is 307 g/mol. The summed E-state index contributed by atoms with van der Waals surface area (Å²) < 4.78 is 5.40. The largest absolute Gasteiger partial charge is 0.484 e. The zero-order chi connectivity index (χ0) is 16.4. The van der Waals surface area contributed by atoms with E-state index in [1.807, 2.05) is 0 Å². The summed E-state index contributed by atoms with van der Waals surface area (Å²) in [7, 11) is 3.35. The van der Waals surface area contributed by atoms with Crippen molar-refractivity contribution in [2.24, 2.45) is 0 Å². The van der Waals surface area contributed by atoms with Crippen LogP contribution in [-0.4, -0.2) is 44.1 Å². The molecule has 6 nitrogen and oxygen atoms in total. The van der Waals surface area contributed by atoms with Crippen LogP contribution in [0.1, 0.15) is 26.2 Å². The van der Waals surface area contributed by atoms with Crippen LogP contribution in [0.15, 0.2) is 24.3 Å². The number of hydrogen-bond acceptors (Lipinski definition) is 3. The van der Waals surface area contributed by atoms with Gasteiger partial charge in [-0.2, -0.15) is 0 Å². The molecule has 1 aromatic carbocycles. The molecule has 0 bridgehead atoms. The van der Waals surface area contributed by atoms with Crippen LogP contribution < -0.4 is 15.4 Å². The van der Waals surface area contributed by atoms with Gasteiger partial charge in [0.15, 0.2) is 6.61 Å². The molecule has 2 N–H and O–H groups in total. The highest BCUT2D eigenvalue weighted by molar-refractivity contribution is 5.89. The predicted octanol–water partition coefficient (Wildman–Crippen LogP) is 2.47. The van der Waals surface area contributed by atoms with Gasteiger partial charge in [-0.05, 0) is 18.6 Å². The van der Waals surface area contributed by atoms with E-state index < -0.39 is 0 Å². The summed E-state index contributed by atoms with van der Waals surface area (Å²) in [6.45, 7) is 2.75. The number of carbonyl (C=O) groups excluding carboxylic acids is 2. The van der Waals surface area contributed by atoms with Crippen LogP contribution in [-0.2, 0) is 4.79 Å². The van der Waals surface area contributed by atoms with Gasteiger partial charge in [0.1, 0.15) is 5.75 Å². The lowest BCUT2D eigenvalue weighted by Gasteiger charge is -2.12. The quantitative estimate of drug-likeness (QED) is 0.725. The Bertz CT molecular complexity index is 489. The lowest BCUT2D eigenvalue weighted by atomic mass is 10.2. The summed E-state index contributed by atoms with van der Waals surface area (Å²) in [5.74, 6) is 0.422. The fourth-order valence-electron chi connectivity index (χ4n) is 1.69. The second kappa shape index (κ2) is 9.65. The molecule has 22 heavy (non-hydrogen) atoms. The number of unbranched alkanes of at least 4 members (excludes halogenated alkanes) is 2. The molecule has 0 heterocycles. The van der Waals surface area contributed by atoms with Gasteiger partial charge in [0, 0.05) is 32.4 Å². The zero-order valence-electron chi connectivity index (χ0n) is 13.5. The summed E-state index contributed by atoms with van der Waals surface area (Å²) in [5, 5.41) is 5.54. The number of anilines is 1. The molecule has 0 fully saturated rings. The first-order valence-electron chi connectivity index (χ1n) is 7.50. The minimum Gasteiger partial charge on any atom is -0.484 e. The van der Waals surface area contributed by atoms with E-state index in [1.165, 1.54) is 4.90 Å². The minimum absolute atomic E-state index is 0.0281. The maximum Gasteiger partial charge on any atom is 0.319 e. The van der Waals surface area contributed by atoms with Gasteiger partial charge in [0.25, 0.3) is 5.91 Å². The van der Waals surface area contributed by atoms with Crippen molar-refractivity contribution in [1.82, 2.24) is 10.2 Å². The summed E-state index contributed by atoms with van der Waals surface area (Å²) in [6.07, 6.45) is 3.19. The molecular weight excluding hydrogens is 282 g/mol. The third kappa shape index (κ3) is 6.97. The number of benzene rings is 1. The third-order valence-corrected chi connectivity index (χ3v) is 3.02. The molecule has 0 spiro atoms. The van der Waals surface area contributed by atoms with E-state index in [1.54, 1.807) is 38.4 Å². The van der Waals surface area contributed by atoms with Crippen LogP contribution in [0.3, 0.4) is 0 Å². The van der Waals surface area contributed by atoms with Crippen LogP contribution in [0.5, 0.6) is 5.75 Å². The number of nitrogens with zero attached hydrogens (tertiary/aromatic N) is 1. The van der Waals surface area contributed by atoms with Gasteiger partial charge in [-0.3, -0.25) is 4.79 Å². The highest BCUT2D eigenvalue weighted by Gasteiger charge is 2.06. The highest BCUT2D eigenvalue weighted by Crippen LogP contribution is 2.17. The summed E-state index contributed by atoms with van der Waals surface area (Å²) in [5.41, 5.74) is 0.628. The van der Waals surface area contributed by atoms with Gasteiger partial charge >= 0.3 is 6.03 Å². The number of carbonyl (C=O) groups is 2. The Hall–Kier alpha value is -2.24. The van der Waals surface area contributed by atoms with Crippen LogP contribution in [0.4, 0.5) is 10.5 Å². The topological polar surface area (TPSA) is 70.7 Å². The number of hydrogen-bond donors (Lipinski definition) is 2. The van der Waals surface area contributed by atoms with E-state index in [9.17, 15) is 9.59 Å². The summed E-state index contributed by atoms with van der Waals surface area (Å²) in [6, 6.07) is 6.73. The molecule has 1 aromatic rings. The lowest BCUT2D eigenvalue weighted by molar-refractivity contribution is -0.130. The molecule has 3 amide bonds. The molecule has 0 radical (unpaired) electrons. The molecule has 1 rings (SSSR count). The van der Waals surface area contributed by atoms with Crippen molar-refractivity contribution in [2.75, 3.05) is 32.6 Å². The number of urea groups is 1. The molecule has 0 aromatic heterocycles. The molecule has 0 aliphatic carbocycles. The van der Waals surface area contributed by atoms with Gasteiger partial charge < -0.3 is 20.3 Å². The summed E-state index contributed by atoms with van der Waals surface area (Å²) in [4.78, 5) is 24.7. The maximum atomic E-state index is 11.7. The van der Waals surface area contributed by atoms with Crippen molar-refractivity contribution >= 4 is 17.6 Å². The van der Waals surface area contributed by atoms with Crippen molar-refractivity contribution in [3.8, 4) is 5.75 Å². The number of ether oxygens (including phenoxy) is 1. The zero-order valence-corrected chi connectivity index (χ0v) is 13.5. The molecule has 0 unspecified atom stereocenters. The minimum atomic E-state index is -0.238. The van der Waals surface area contributed by atoms with Crippen molar-refractivity contribution < 1.29 is 14.3 Å². The molecule has 6 heteroatoms. The SMILES string of the molecule is CCCCCNC(=O)Nc1cccc(OCC(=O)N(C)C)c1. The third-order valence-electron chi connectivity index (χ3n) is 3.02. The second-order valence-corrected chi connectivity index (χ2v) is 5.19. The molecule has 0 aliphatic rings. The lowest BCUT2D eigenvalue weighted by Crippen LogP contribution is -2.29. The molecule has 0 atom stereocenters. The number of likely N-dealkylation sites (N-methyl/N-ethyl adjacent to an activating group) is 1. The van der Waals surface area contributed by atoms with Crippen molar-refractivity contribution in [3.63, 3.8) is 0 Å². The van der Waals surface area contributed by atoms with E-state index in [0.717, 1.165) is 19.3 Å². The first-order valence-corrected chi connectivity index (χ1v) is 7.50. The fraction of sp³-hybridized carbons (Fsp3) is 0.500. The van der Waals surface area contributed by atoms with Crippen molar-refractivity contribution in [1.29, 1.82) is 0 Å². The average Bonchev–Trinajstić information content (AvgIpc) is 2.49. The fourth-order valence-corrected chi connectivity index (χ4v) is 1.69. The Morgan fingerprint density at radius 1 is 1.23 bits per heavy atom. The molecule has 0 aliphatic heterocycles. The number of rotatable bonds is 8. The van der Waals surface area contributed by atoms with E-state index in [0.29, 0.717) is 18.0 Å². The highest BCUT2D eigenvalue weighted by atomic mass is 16.5. The maximum absolute atomic E-state index is 11.7. The van der Waals surface area contributed by atoms with Gasteiger partial charge in [-0.1, -0.05) is 25.8 Å². The van der Waals surface area contributed by atoms with E-state index >= 15 is 0 Å². The van der Waals surface area contributed by atoms with Gasteiger partial charge in [0.2, 0.25) is 0 Å². The van der Waals surface area contributed by atoms with Crippen LogP contribution in [0.2, 0.25) is 0 Å². The Morgan fingerprint density at radius 3 is 2.68 bits per heavy atom.